The number of halogens is 1. The van der Waals surface area contributed by atoms with Crippen LogP contribution in [0, 0.1) is 5.82 Å². The van der Waals surface area contributed by atoms with Crippen LogP contribution in [0.4, 0.5) is 10.1 Å². The summed E-state index contributed by atoms with van der Waals surface area (Å²) in [6.07, 6.45) is 0.967. The first-order chi connectivity index (χ1) is 13.1. The second-order valence-corrected chi connectivity index (χ2v) is 6.49. The predicted molar refractivity (Wildman–Crippen MR) is 100 cm³/mol. The number of nitrogens with one attached hydrogen (secondary N) is 1. The van der Waals surface area contributed by atoms with Crippen molar-refractivity contribution >= 4 is 23.4 Å². The van der Waals surface area contributed by atoms with E-state index in [4.69, 9.17) is 9.15 Å². The summed E-state index contributed by atoms with van der Waals surface area (Å²) >= 11 is 1.07. The van der Waals surface area contributed by atoms with Crippen molar-refractivity contribution in [3.05, 3.63) is 65.8 Å². The lowest BCUT2D eigenvalue weighted by molar-refractivity contribution is -0.113. The fraction of sp³-hybridized carbons (Fsp3) is 0.211. The molecule has 0 saturated heterocycles. The summed E-state index contributed by atoms with van der Waals surface area (Å²) in [5, 5.41) is 10.5. The Morgan fingerprint density at radius 1 is 1.19 bits per heavy atom. The first-order valence-electron chi connectivity index (χ1n) is 8.35. The number of amides is 1. The van der Waals surface area contributed by atoms with Gasteiger partial charge in [-0.2, -0.15) is 0 Å². The molecule has 140 valence electrons. The van der Waals surface area contributed by atoms with Crippen molar-refractivity contribution in [2.75, 3.05) is 11.1 Å². The molecule has 0 atom stereocenters. The molecular formula is C19H18FN3O3S. The Balaban J connectivity index is 1.46. The summed E-state index contributed by atoms with van der Waals surface area (Å²) in [5.41, 5.74) is 1.37. The van der Waals surface area contributed by atoms with Gasteiger partial charge in [0, 0.05) is 0 Å². The van der Waals surface area contributed by atoms with Crippen molar-refractivity contribution in [2.24, 2.45) is 0 Å². The Bertz CT molecular complexity index is 899. The monoisotopic (exact) mass is 387 g/mol. The molecule has 0 unspecified atom stereocenters. The maximum absolute atomic E-state index is 13.5. The number of carbonyl (C=O) groups is 1. The summed E-state index contributed by atoms with van der Waals surface area (Å²) in [5.74, 6) is 0.197. The quantitative estimate of drug-likeness (QED) is 0.587. The molecule has 0 aliphatic rings. The third-order valence-electron chi connectivity index (χ3n) is 3.62. The number of hydrogen-bond acceptors (Lipinski definition) is 6. The van der Waals surface area contributed by atoms with Crippen LogP contribution in [-0.2, 0) is 17.8 Å². The molecule has 0 fully saturated rings. The van der Waals surface area contributed by atoms with E-state index in [2.05, 4.69) is 22.4 Å². The topological polar surface area (TPSA) is 77.2 Å². The van der Waals surface area contributed by atoms with E-state index < -0.39 is 5.82 Å². The standard InChI is InChI=1S/C19H18FN3O3S/c1-2-13-7-9-14(10-8-13)25-11-18-22-23-19(26-18)27-12-17(24)21-16-6-4-3-5-15(16)20/h3-10H,2,11-12H2,1H3,(H,21,24). The molecule has 1 heterocycles. The van der Waals surface area contributed by atoms with E-state index in [1.165, 1.54) is 17.7 Å². The van der Waals surface area contributed by atoms with Gasteiger partial charge in [-0.25, -0.2) is 4.39 Å². The van der Waals surface area contributed by atoms with Crippen LogP contribution >= 0.6 is 11.8 Å². The number of hydrogen-bond donors (Lipinski definition) is 1. The Hall–Kier alpha value is -2.87. The lowest BCUT2D eigenvalue weighted by Crippen LogP contribution is -2.14. The highest BCUT2D eigenvalue weighted by atomic mass is 32.2. The number of benzene rings is 2. The van der Waals surface area contributed by atoms with Crippen molar-refractivity contribution in [2.45, 2.75) is 25.2 Å². The molecular weight excluding hydrogens is 369 g/mol. The number of rotatable bonds is 8. The molecule has 0 bridgehead atoms. The second-order valence-electron chi connectivity index (χ2n) is 5.56. The zero-order valence-electron chi connectivity index (χ0n) is 14.6. The molecule has 3 rings (SSSR count). The minimum absolute atomic E-state index is 0.0231. The number of anilines is 1. The van der Waals surface area contributed by atoms with Gasteiger partial charge in [-0.05, 0) is 36.2 Å². The van der Waals surface area contributed by atoms with Crippen LogP contribution in [0.25, 0.3) is 0 Å². The van der Waals surface area contributed by atoms with E-state index >= 15 is 0 Å². The fourth-order valence-corrected chi connectivity index (χ4v) is 2.78. The number of ether oxygens (including phenoxy) is 1. The van der Waals surface area contributed by atoms with E-state index in [9.17, 15) is 9.18 Å². The van der Waals surface area contributed by atoms with Crippen LogP contribution in [0.3, 0.4) is 0 Å². The summed E-state index contributed by atoms with van der Waals surface area (Å²) in [6.45, 7) is 2.23. The highest BCUT2D eigenvalue weighted by Crippen LogP contribution is 2.19. The molecule has 6 nitrogen and oxygen atoms in total. The molecule has 0 radical (unpaired) electrons. The normalized spacial score (nSPS) is 10.6. The zero-order chi connectivity index (χ0) is 19.1. The Morgan fingerprint density at radius 3 is 2.70 bits per heavy atom. The zero-order valence-corrected chi connectivity index (χ0v) is 15.5. The number of thioether (sulfide) groups is 1. The maximum Gasteiger partial charge on any atom is 0.277 e. The lowest BCUT2D eigenvalue weighted by Gasteiger charge is -2.04. The van der Waals surface area contributed by atoms with E-state index in [0.717, 1.165) is 18.2 Å². The van der Waals surface area contributed by atoms with Gasteiger partial charge in [0.25, 0.3) is 11.1 Å². The Kier molecular flexibility index (Phi) is 6.43. The van der Waals surface area contributed by atoms with Gasteiger partial charge >= 0.3 is 0 Å². The van der Waals surface area contributed by atoms with Gasteiger partial charge in [-0.3, -0.25) is 4.79 Å². The van der Waals surface area contributed by atoms with Gasteiger partial charge in [0.2, 0.25) is 5.91 Å². The highest BCUT2D eigenvalue weighted by Gasteiger charge is 2.11. The lowest BCUT2D eigenvalue weighted by atomic mass is 10.2. The second kappa shape index (κ2) is 9.18. The molecule has 0 aliphatic carbocycles. The molecule has 3 aromatic rings. The van der Waals surface area contributed by atoms with Gasteiger partial charge in [0.05, 0.1) is 11.4 Å². The van der Waals surface area contributed by atoms with Gasteiger partial charge < -0.3 is 14.5 Å². The molecule has 1 aromatic heterocycles. The largest absolute Gasteiger partial charge is 0.484 e. The van der Waals surface area contributed by atoms with Crippen LogP contribution in [0.15, 0.2) is 58.2 Å². The van der Waals surface area contributed by atoms with Crippen LogP contribution < -0.4 is 10.1 Å². The first kappa shape index (κ1) is 18.9. The van der Waals surface area contributed by atoms with Gasteiger partial charge in [0.1, 0.15) is 11.6 Å². The SMILES string of the molecule is CCc1ccc(OCc2nnc(SCC(=O)Nc3ccccc3F)o2)cc1. The smallest absolute Gasteiger partial charge is 0.277 e. The van der Waals surface area contributed by atoms with Crippen LogP contribution in [0.5, 0.6) is 5.75 Å². The average molecular weight is 387 g/mol. The van der Waals surface area contributed by atoms with E-state index in [0.29, 0.717) is 11.6 Å². The van der Waals surface area contributed by atoms with Crippen molar-refractivity contribution in [3.63, 3.8) is 0 Å². The molecule has 27 heavy (non-hydrogen) atoms. The van der Waals surface area contributed by atoms with Crippen LogP contribution in [0.1, 0.15) is 18.4 Å². The van der Waals surface area contributed by atoms with E-state index in [-0.39, 0.29) is 29.2 Å². The molecule has 1 N–H and O–H groups in total. The predicted octanol–water partition coefficient (Wildman–Crippen LogP) is 4.08. The molecule has 2 aromatic carbocycles. The summed E-state index contributed by atoms with van der Waals surface area (Å²) in [6, 6.07) is 13.7. The van der Waals surface area contributed by atoms with Gasteiger partial charge in [0.15, 0.2) is 6.61 Å². The summed E-state index contributed by atoms with van der Waals surface area (Å²) < 4.78 is 24.5. The number of aryl methyl sites for hydroxylation is 1. The van der Waals surface area contributed by atoms with E-state index in [1.807, 2.05) is 24.3 Å². The molecule has 0 aliphatic heterocycles. The Morgan fingerprint density at radius 2 is 1.96 bits per heavy atom. The van der Waals surface area contributed by atoms with Crippen molar-refractivity contribution in [1.29, 1.82) is 0 Å². The number of aromatic nitrogens is 2. The fourth-order valence-electron chi connectivity index (χ4n) is 2.20. The number of nitrogens with zero attached hydrogens (tertiary/aromatic N) is 2. The minimum Gasteiger partial charge on any atom is -0.484 e. The minimum atomic E-state index is -0.486. The van der Waals surface area contributed by atoms with Gasteiger partial charge in [-0.15, -0.1) is 10.2 Å². The van der Waals surface area contributed by atoms with E-state index in [1.54, 1.807) is 12.1 Å². The Labute approximate surface area is 160 Å². The average Bonchev–Trinajstić information content (AvgIpc) is 3.15. The van der Waals surface area contributed by atoms with Gasteiger partial charge in [-0.1, -0.05) is 43.0 Å². The molecule has 8 heteroatoms. The first-order valence-corrected chi connectivity index (χ1v) is 9.34. The summed E-state index contributed by atoms with van der Waals surface area (Å²) in [7, 11) is 0. The third-order valence-corrected chi connectivity index (χ3v) is 4.44. The van der Waals surface area contributed by atoms with Crippen LogP contribution in [0.2, 0.25) is 0 Å². The molecule has 0 saturated carbocycles. The number of carbonyl (C=O) groups excluding carboxylic acids is 1. The van der Waals surface area contributed by atoms with Crippen molar-refractivity contribution < 1.29 is 18.3 Å². The molecule has 0 spiro atoms. The van der Waals surface area contributed by atoms with Crippen molar-refractivity contribution in [1.82, 2.24) is 10.2 Å². The third kappa shape index (κ3) is 5.55. The van der Waals surface area contributed by atoms with Crippen LogP contribution in [-0.4, -0.2) is 21.9 Å². The van der Waals surface area contributed by atoms with Crippen molar-refractivity contribution in [3.8, 4) is 5.75 Å². The maximum atomic E-state index is 13.5. The highest BCUT2D eigenvalue weighted by molar-refractivity contribution is 7.99. The summed E-state index contributed by atoms with van der Waals surface area (Å²) in [4.78, 5) is 11.9. The molecule has 1 amide bonds. The number of para-hydroxylation sites is 1.